The lowest BCUT2D eigenvalue weighted by atomic mass is 10.2. The highest BCUT2D eigenvalue weighted by Gasteiger charge is 2.21. The Morgan fingerprint density at radius 3 is 2.36 bits per heavy atom. The summed E-state index contributed by atoms with van der Waals surface area (Å²) in [6.45, 7) is 5.59. The number of urea groups is 1. The van der Waals surface area contributed by atoms with Gasteiger partial charge in [-0.15, -0.1) is 0 Å². The van der Waals surface area contributed by atoms with Crippen LogP contribution in [0.4, 0.5) is 16.2 Å². The van der Waals surface area contributed by atoms with Crippen LogP contribution in [0.1, 0.15) is 13.8 Å². The van der Waals surface area contributed by atoms with Gasteiger partial charge in [0.1, 0.15) is 6.10 Å². The molecule has 0 radical (unpaired) electrons. The fraction of sp³-hybridized carbons (Fsp3) is 0.467. The number of hydrogen-bond donors (Lipinski definition) is 4. The first-order chi connectivity index (χ1) is 10.5. The van der Waals surface area contributed by atoms with Crippen molar-refractivity contribution in [3.63, 3.8) is 0 Å². The van der Waals surface area contributed by atoms with E-state index in [4.69, 9.17) is 4.74 Å². The molecule has 4 N–H and O–H groups in total. The largest absolute Gasteiger partial charge is 0.366 e. The van der Waals surface area contributed by atoms with Crippen molar-refractivity contribution < 1.29 is 14.3 Å². The molecule has 7 heteroatoms. The van der Waals surface area contributed by atoms with Crippen LogP contribution in [0, 0.1) is 0 Å². The van der Waals surface area contributed by atoms with Crippen molar-refractivity contribution >= 4 is 23.3 Å². The highest BCUT2D eigenvalue weighted by Crippen LogP contribution is 2.14. The van der Waals surface area contributed by atoms with Crippen LogP contribution in [-0.4, -0.2) is 43.8 Å². The Balaban J connectivity index is 1.86. The molecule has 0 aromatic heterocycles. The Kier molecular flexibility index (Phi) is 5.74. The third kappa shape index (κ3) is 5.01. The van der Waals surface area contributed by atoms with E-state index in [1.54, 1.807) is 24.3 Å². The third-order valence-electron chi connectivity index (χ3n) is 3.05. The van der Waals surface area contributed by atoms with Crippen molar-refractivity contribution in [3.8, 4) is 0 Å². The Morgan fingerprint density at radius 1 is 1.18 bits per heavy atom. The molecule has 1 fully saturated rings. The number of benzene rings is 1. The smallest absolute Gasteiger partial charge is 0.319 e. The van der Waals surface area contributed by atoms with Gasteiger partial charge in [-0.05, 0) is 38.1 Å². The zero-order valence-corrected chi connectivity index (χ0v) is 12.8. The van der Waals surface area contributed by atoms with Gasteiger partial charge in [0.2, 0.25) is 0 Å². The first-order valence-corrected chi connectivity index (χ1v) is 7.35. The van der Waals surface area contributed by atoms with E-state index in [9.17, 15) is 9.59 Å². The highest BCUT2D eigenvalue weighted by atomic mass is 16.5. The Bertz CT molecular complexity index is 510. The van der Waals surface area contributed by atoms with Gasteiger partial charge in [0, 0.05) is 30.5 Å². The minimum absolute atomic E-state index is 0.0719. The van der Waals surface area contributed by atoms with Crippen LogP contribution in [0.15, 0.2) is 24.3 Å². The molecule has 1 aromatic carbocycles. The first-order valence-electron chi connectivity index (χ1n) is 7.35. The quantitative estimate of drug-likeness (QED) is 0.671. The molecule has 1 saturated heterocycles. The van der Waals surface area contributed by atoms with Crippen LogP contribution in [-0.2, 0) is 9.53 Å². The van der Waals surface area contributed by atoms with Crippen LogP contribution < -0.4 is 21.3 Å². The molecule has 2 rings (SSSR count). The van der Waals surface area contributed by atoms with Gasteiger partial charge in [-0.2, -0.15) is 0 Å². The summed E-state index contributed by atoms with van der Waals surface area (Å²) in [6.07, 6.45) is -0.469. The molecule has 0 saturated carbocycles. The molecule has 1 heterocycles. The molecule has 0 aliphatic carbocycles. The van der Waals surface area contributed by atoms with Gasteiger partial charge in [0.25, 0.3) is 5.91 Å². The second kappa shape index (κ2) is 7.77. The molecule has 0 bridgehead atoms. The molecule has 7 nitrogen and oxygen atoms in total. The van der Waals surface area contributed by atoms with Crippen LogP contribution in [0.25, 0.3) is 0 Å². The average Bonchev–Trinajstić information content (AvgIpc) is 2.49. The maximum Gasteiger partial charge on any atom is 0.319 e. The summed E-state index contributed by atoms with van der Waals surface area (Å²) >= 11 is 0. The van der Waals surface area contributed by atoms with Crippen molar-refractivity contribution in [1.29, 1.82) is 0 Å². The highest BCUT2D eigenvalue weighted by molar-refractivity contribution is 5.95. The van der Waals surface area contributed by atoms with E-state index >= 15 is 0 Å². The van der Waals surface area contributed by atoms with Gasteiger partial charge in [0.05, 0.1) is 6.61 Å². The summed E-state index contributed by atoms with van der Waals surface area (Å²) < 4.78 is 5.39. The van der Waals surface area contributed by atoms with E-state index in [0.717, 1.165) is 6.54 Å². The zero-order valence-electron chi connectivity index (χ0n) is 12.8. The van der Waals surface area contributed by atoms with Crippen LogP contribution in [0.5, 0.6) is 0 Å². The number of rotatable bonds is 4. The number of nitrogens with one attached hydrogen (secondary N) is 4. The molecule has 1 aromatic rings. The van der Waals surface area contributed by atoms with Gasteiger partial charge in [-0.3, -0.25) is 4.79 Å². The number of carbonyl (C=O) groups is 2. The van der Waals surface area contributed by atoms with E-state index in [1.807, 2.05) is 13.8 Å². The van der Waals surface area contributed by atoms with Gasteiger partial charge < -0.3 is 26.0 Å². The minimum Gasteiger partial charge on any atom is -0.366 e. The van der Waals surface area contributed by atoms with Gasteiger partial charge in [0.15, 0.2) is 0 Å². The Morgan fingerprint density at radius 2 is 1.82 bits per heavy atom. The third-order valence-corrected chi connectivity index (χ3v) is 3.05. The molecular formula is C15H22N4O3. The fourth-order valence-corrected chi connectivity index (χ4v) is 2.02. The monoisotopic (exact) mass is 306 g/mol. The number of amides is 3. The van der Waals surface area contributed by atoms with E-state index in [0.29, 0.717) is 24.5 Å². The second-order valence-electron chi connectivity index (χ2n) is 5.38. The summed E-state index contributed by atoms with van der Waals surface area (Å²) in [5.74, 6) is -0.175. The lowest BCUT2D eigenvalue weighted by molar-refractivity contribution is -0.128. The topological polar surface area (TPSA) is 91.5 Å². The molecule has 1 unspecified atom stereocenters. The normalized spacial score (nSPS) is 17.9. The molecule has 1 aliphatic rings. The van der Waals surface area contributed by atoms with Crippen molar-refractivity contribution in [2.24, 2.45) is 0 Å². The van der Waals surface area contributed by atoms with E-state index < -0.39 is 6.10 Å². The molecule has 120 valence electrons. The summed E-state index contributed by atoms with van der Waals surface area (Å²) in [5.41, 5.74) is 1.32. The average molecular weight is 306 g/mol. The predicted molar refractivity (Wildman–Crippen MR) is 85.0 cm³/mol. The number of anilines is 2. The summed E-state index contributed by atoms with van der Waals surface area (Å²) in [5, 5.41) is 11.4. The maximum atomic E-state index is 12.0. The predicted octanol–water partition coefficient (Wildman–Crippen LogP) is 1.14. The van der Waals surface area contributed by atoms with Crippen molar-refractivity contribution in [3.05, 3.63) is 24.3 Å². The summed E-state index contributed by atoms with van der Waals surface area (Å²) in [6, 6.07) is 6.75. The molecule has 3 amide bonds. The lowest BCUT2D eigenvalue weighted by Crippen LogP contribution is -2.45. The Labute approximate surface area is 129 Å². The van der Waals surface area contributed by atoms with Crippen molar-refractivity contribution in [2.75, 3.05) is 30.3 Å². The number of carbonyl (C=O) groups excluding carboxylic acids is 2. The lowest BCUT2D eigenvalue weighted by Gasteiger charge is -2.22. The second-order valence-corrected chi connectivity index (χ2v) is 5.38. The SMILES string of the molecule is CC(C)NC(=O)Nc1ccc(NC(=O)C2CNCCO2)cc1. The van der Waals surface area contributed by atoms with E-state index in [1.165, 1.54) is 0 Å². The number of morpholine rings is 1. The van der Waals surface area contributed by atoms with E-state index in [2.05, 4.69) is 21.3 Å². The minimum atomic E-state index is -0.469. The summed E-state index contributed by atoms with van der Waals surface area (Å²) in [4.78, 5) is 23.6. The molecular weight excluding hydrogens is 284 g/mol. The molecule has 0 spiro atoms. The molecule has 1 aliphatic heterocycles. The van der Waals surface area contributed by atoms with Gasteiger partial charge in [-0.25, -0.2) is 4.79 Å². The van der Waals surface area contributed by atoms with Crippen molar-refractivity contribution in [1.82, 2.24) is 10.6 Å². The fourth-order valence-electron chi connectivity index (χ4n) is 2.02. The van der Waals surface area contributed by atoms with Gasteiger partial charge in [-0.1, -0.05) is 0 Å². The Hall–Kier alpha value is -2.12. The maximum absolute atomic E-state index is 12.0. The molecule has 22 heavy (non-hydrogen) atoms. The molecule has 1 atom stereocenters. The standard InChI is InChI=1S/C15H22N4O3/c1-10(2)17-15(21)19-12-5-3-11(4-6-12)18-14(20)13-9-16-7-8-22-13/h3-6,10,13,16H,7-9H2,1-2H3,(H,18,20)(H2,17,19,21). The van der Waals surface area contributed by atoms with Crippen LogP contribution >= 0.6 is 0 Å². The summed E-state index contributed by atoms with van der Waals surface area (Å²) in [7, 11) is 0. The van der Waals surface area contributed by atoms with Crippen LogP contribution in [0.3, 0.4) is 0 Å². The van der Waals surface area contributed by atoms with Crippen molar-refractivity contribution in [2.45, 2.75) is 26.0 Å². The number of ether oxygens (including phenoxy) is 1. The van der Waals surface area contributed by atoms with Gasteiger partial charge >= 0.3 is 6.03 Å². The zero-order chi connectivity index (χ0) is 15.9. The number of hydrogen-bond acceptors (Lipinski definition) is 4. The van der Waals surface area contributed by atoms with E-state index in [-0.39, 0.29) is 18.0 Å². The first kappa shape index (κ1) is 16.3. The van der Waals surface area contributed by atoms with Crippen LogP contribution in [0.2, 0.25) is 0 Å².